The Kier molecular flexibility index (Phi) is 3.29. The molecule has 0 unspecified atom stereocenters. The highest BCUT2D eigenvalue weighted by molar-refractivity contribution is 5.44. The molecule has 0 aromatic heterocycles. The molecule has 1 aromatic rings. The summed E-state index contributed by atoms with van der Waals surface area (Å²) in [5, 5.41) is 9.90. The fourth-order valence-corrected chi connectivity index (χ4v) is 1.95. The second kappa shape index (κ2) is 4.57. The average molecular weight is 235 g/mol. The van der Waals surface area contributed by atoms with Gasteiger partial charge in [0, 0.05) is 11.1 Å². The lowest BCUT2D eigenvalue weighted by atomic mass is 10.0. The maximum absolute atomic E-state index is 9.90. The zero-order valence-corrected chi connectivity index (χ0v) is 10.6. The van der Waals surface area contributed by atoms with Gasteiger partial charge >= 0.3 is 0 Å². The largest absolute Gasteiger partial charge is 0.508 e. The molecule has 1 saturated carbocycles. The van der Waals surface area contributed by atoms with E-state index in [1.807, 2.05) is 26.0 Å². The van der Waals surface area contributed by atoms with E-state index in [9.17, 15) is 5.11 Å². The number of phenolic OH excluding ortho intramolecular Hbond substituents is 1. The summed E-state index contributed by atoms with van der Waals surface area (Å²) in [5.74, 6) is 1.09. The second-order valence-electron chi connectivity index (χ2n) is 5.28. The average Bonchev–Trinajstić information content (AvgIpc) is 2.95. The summed E-state index contributed by atoms with van der Waals surface area (Å²) < 4.78 is 5.71. The third-order valence-corrected chi connectivity index (χ3v) is 3.24. The number of hydrogen-bond acceptors (Lipinski definition) is 3. The van der Waals surface area contributed by atoms with Crippen molar-refractivity contribution in [1.29, 1.82) is 0 Å². The highest BCUT2D eigenvalue weighted by atomic mass is 16.5. The molecule has 2 rings (SSSR count). The zero-order valence-electron chi connectivity index (χ0n) is 10.6. The molecule has 94 valence electrons. The van der Waals surface area contributed by atoms with E-state index in [0.29, 0.717) is 5.75 Å². The molecule has 1 aliphatic carbocycles. The van der Waals surface area contributed by atoms with Gasteiger partial charge in [0.15, 0.2) is 0 Å². The van der Waals surface area contributed by atoms with E-state index in [1.54, 1.807) is 6.07 Å². The molecule has 0 radical (unpaired) electrons. The molecule has 0 atom stereocenters. The van der Waals surface area contributed by atoms with Gasteiger partial charge in [-0.3, -0.25) is 0 Å². The molecule has 0 heterocycles. The van der Waals surface area contributed by atoms with Crippen molar-refractivity contribution in [3.63, 3.8) is 0 Å². The van der Waals surface area contributed by atoms with Gasteiger partial charge in [-0.05, 0) is 51.7 Å². The first kappa shape index (κ1) is 12.2. The van der Waals surface area contributed by atoms with E-state index in [-0.39, 0.29) is 11.6 Å². The van der Waals surface area contributed by atoms with E-state index in [1.165, 1.54) is 0 Å². The number of ether oxygens (including phenoxy) is 1. The van der Waals surface area contributed by atoms with Crippen LogP contribution in [0.5, 0.6) is 11.5 Å². The summed E-state index contributed by atoms with van der Waals surface area (Å²) in [6.07, 6.45) is 4.01. The monoisotopic (exact) mass is 235 g/mol. The fourth-order valence-electron chi connectivity index (χ4n) is 1.95. The molecule has 0 amide bonds. The van der Waals surface area contributed by atoms with Crippen LogP contribution in [0.4, 0.5) is 0 Å². The van der Waals surface area contributed by atoms with Crippen molar-refractivity contribution in [2.75, 3.05) is 0 Å². The van der Waals surface area contributed by atoms with Crippen molar-refractivity contribution >= 4 is 0 Å². The Bertz CT molecular complexity index is 397. The van der Waals surface area contributed by atoms with Crippen LogP contribution in [0.25, 0.3) is 0 Å². The van der Waals surface area contributed by atoms with Crippen LogP contribution < -0.4 is 10.5 Å². The SMILES string of the molecule is CC(C)Oc1cccc(O)c1CCC1(N)CC1. The molecule has 1 aromatic carbocycles. The third-order valence-electron chi connectivity index (χ3n) is 3.24. The van der Waals surface area contributed by atoms with Crippen molar-refractivity contribution in [3.8, 4) is 11.5 Å². The van der Waals surface area contributed by atoms with Crippen molar-refractivity contribution in [1.82, 2.24) is 0 Å². The molecule has 3 nitrogen and oxygen atoms in total. The number of phenols is 1. The number of nitrogens with two attached hydrogens (primary N) is 1. The van der Waals surface area contributed by atoms with Crippen molar-refractivity contribution in [3.05, 3.63) is 23.8 Å². The van der Waals surface area contributed by atoms with Crippen LogP contribution in [0.1, 0.15) is 38.7 Å². The maximum Gasteiger partial charge on any atom is 0.126 e. The van der Waals surface area contributed by atoms with Gasteiger partial charge < -0.3 is 15.6 Å². The van der Waals surface area contributed by atoms with Gasteiger partial charge in [0.1, 0.15) is 11.5 Å². The third kappa shape index (κ3) is 3.13. The predicted octanol–water partition coefficient (Wildman–Crippen LogP) is 2.60. The summed E-state index contributed by atoms with van der Waals surface area (Å²) in [6.45, 7) is 3.97. The Balaban J connectivity index is 2.11. The Morgan fingerprint density at radius 1 is 1.41 bits per heavy atom. The standard InChI is InChI=1S/C14H21NO2/c1-10(2)17-13-5-3-4-12(16)11(13)6-7-14(15)8-9-14/h3-5,10,16H,6-9,15H2,1-2H3. The zero-order chi connectivity index (χ0) is 12.5. The molecular weight excluding hydrogens is 214 g/mol. The summed E-state index contributed by atoms with van der Waals surface area (Å²) in [5.41, 5.74) is 6.97. The molecule has 0 aliphatic heterocycles. The first-order chi connectivity index (χ1) is 8.00. The number of aromatic hydroxyl groups is 1. The minimum absolute atomic E-state index is 0.0113. The van der Waals surface area contributed by atoms with Crippen LogP contribution in [-0.2, 0) is 6.42 Å². The van der Waals surface area contributed by atoms with Crippen LogP contribution in [0, 0.1) is 0 Å². The Hall–Kier alpha value is -1.22. The second-order valence-corrected chi connectivity index (χ2v) is 5.28. The van der Waals surface area contributed by atoms with Crippen LogP contribution >= 0.6 is 0 Å². The Morgan fingerprint density at radius 3 is 2.71 bits per heavy atom. The number of rotatable bonds is 5. The smallest absolute Gasteiger partial charge is 0.126 e. The Morgan fingerprint density at radius 2 is 2.12 bits per heavy atom. The van der Waals surface area contributed by atoms with Crippen molar-refractivity contribution in [2.45, 2.75) is 51.2 Å². The lowest BCUT2D eigenvalue weighted by Crippen LogP contribution is -2.22. The highest BCUT2D eigenvalue weighted by Gasteiger charge is 2.37. The van der Waals surface area contributed by atoms with Crippen LogP contribution in [-0.4, -0.2) is 16.7 Å². The lowest BCUT2D eigenvalue weighted by Gasteiger charge is -2.16. The van der Waals surface area contributed by atoms with Gasteiger partial charge in [-0.15, -0.1) is 0 Å². The molecule has 0 spiro atoms. The molecule has 1 fully saturated rings. The van der Waals surface area contributed by atoms with Crippen molar-refractivity contribution < 1.29 is 9.84 Å². The Labute approximate surface area is 103 Å². The van der Waals surface area contributed by atoms with E-state index in [4.69, 9.17) is 10.5 Å². The van der Waals surface area contributed by atoms with Crippen LogP contribution in [0.2, 0.25) is 0 Å². The molecule has 0 bridgehead atoms. The summed E-state index contributed by atoms with van der Waals surface area (Å²) in [6, 6.07) is 5.43. The first-order valence-corrected chi connectivity index (χ1v) is 6.27. The van der Waals surface area contributed by atoms with Gasteiger partial charge in [0.25, 0.3) is 0 Å². The van der Waals surface area contributed by atoms with E-state index < -0.39 is 0 Å². The van der Waals surface area contributed by atoms with Gasteiger partial charge in [0.2, 0.25) is 0 Å². The predicted molar refractivity (Wildman–Crippen MR) is 68.3 cm³/mol. The molecule has 3 N–H and O–H groups in total. The lowest BCUT2D eigenvalue weighted by molar-refractivity contribution is 0.238. The van der Waals surface area contributed by atoms with Gasteiger partial charge in [-0.1, -0.05) is 6.07 Å². The molecule has 0 saturated heterocycles. The quantitative estimate of drug-likeness (QED) is 0.824. The molecular formula is C14H21NO2. The topological polar surface area (TPSA) is 55.5 Å². The summed E-state index contributed by atoms with van der Waals surface area (Å²) >= 11 is 0. The van der Waals surface area contributed by atoms with E-state index >= 15 is 0 Å². The molecule has 3 heteroatoms. The minimum atomic E-state index is 0.0113. The normalized spacial score (nSPS) is 17.2. The van der Waals surface area contributed by atoms with Gasteiger partial charge in [-0.2, -0.15) is 0 Å². The first-order valence-electron chi connectivity index (χ1n) is 6.27. The summed E-state index contributed by atoms with van der Waals surface area (Å²) in [7, 11) is 0. The van der Waals surface area contributed by atoms with Crippen LogP contribution in [0.3, 0.4) is 0 Å². The summed E-state index contributed by atoms with van der Waals surface area (Å²) in [4.78, 5) is 0. The molecule has 17 heavy (non-hydrogen) atoms. The van der Waals surface area contributed by atoms with Gasteiger partial charge in [-0.25, -0.2) is 0 Å². The van der Waals surface area contributed by atoms with E-state index in [2.05, 4.69) is 0 Å². The number of hydrogen-bond donors (Lipinski definition) is 2. The number of benzene rings is 1. The van der Waals surface area contributed by atoms with Gasteiger partial charge in [0.05, 0.1) is 6.10 Å². The van der Waals surface area contributed by atoms with E-state index in [0.717, 1.165) is 37.0 Å². The highest BCUT2D eigenvalue weighted by Crippen LogP contribution is 2.39. The minimum Gasteiger partial charge on any atom is -0.508 e. The van der Waals surface area contributed by atoms with Crippen LogP contribution in [0.15, 0.2) is 18.2 Å². The fraction of sp³-hybridized carbons (Fsp3) is 0.571. The van der Waals surface area contributed by atoms with Crippen molar-refractivity contribution in [2.24, 2.45) is 5.73 Å². The molecule has 1 aliphatic rings. The maximum atomic E-state index is 9.90.